The Labute approximate surface area is 154 Å². The van der Waals surface area contributed by atoms with Crippen molar-refractivity contribution < 1.29 is 14.3 Å². The van der Waals surface area contributed by atoms with Crippen molar-refractivity contribution in [1.29, 1.82) is 0 Å². The van der Waals surface area contributed by atoms with Crippen molar-refractivity contribution in [3.63, 3.8) is 0 Å². The van der Waals surface area contributed by atoms with Crippen LogP contribution in [-0.4, -0.2) is 55.2 Å². The lowest BCUT2D eigenvalue weighted by molar-refractivity contribution is -0.118. The van der Waals surface area contributed by atoms with Gasteiger partial charge in [-0.3, -0.25) is 14.2 Å². The standard InChI is InChI=1S/C16H23N3O4S2/c1-10-11(2)25-14-13(10)15(21)19(6-8-23-4)16(18-14)24-9-12(20)17-5-7-22-3/h5-9H2,1-4H3,(H,17,20). The Morgan fingerprint density at radius 3 is 2.68 bits per heavy atom. The van der Waals surface area contributed by atoms with Crippen molar-refractivity contribution in [2.24, 2.45) is 0 Å². The highest BCUT2D eigenvalue weighted by Gasteiger charge is 2.17. The second kappa shape index (κ2) is 9.33. The molecule has 0 saturated carbocycles. The van der Waals surface area contributed by atoms with E-state index in [1.807, 2.05) is 13.8 Å². The molecule has 2 heterocycles. The summed E-state index contributed by atoms with van der Waals surface area (Å²) >= 11 is 2.76. The van der Waals surface area contributed by atoms with Gasteiger partial charge < -0.3 is 14.8 Å². The number of carbonyl (C=O) groups excluding carboxylic acids is 1. The van der Waals surface area contributed by atoms with E-state index >= 15 is 0 Å². The number of thiophene rings is 1. The normalized spacial score (nSPS) is 11.2. The summed E-state index contributed by atoms with van der Waals surface area (Å²) in [5.41, 5.74) is 0.892. The third-order valence-corrected chi connectivity index (χ3v) is 5.81. The van der Waals surface area contributed by atoms with E-state index < -0.39 is 0 Å². The molecule has 2 rings (SSSR count). The van der Waals surface area contributed by atoms with Gasteiger partial charge in [0.25, 0.3) is 5.56 Å². The quantitative estimate of drug-likeness (QED) is 0.401. The van der Waals surface area contributed by atoms with Crippen LogP contribution < -0.4 is 10.9 Å². The summed E-state index contributed by atoms with van der Waals surface area (Å²) in [6.07, 6.45) is 0. The van der Waals surface area contributed by atoms with Crippen LogP contribution in [0.3, 0.4) is 0 Å². The van der Waals surface area contributed by atoms with Crippen LogP contribution in [0.25, 0.3) is 10.2 Å². The van der Waals surface area contributed by atoms with Gasteiger partial charge >= 0.3 is 0 Å². The van der Waals surface area contributed by atoms with Crippen LogP contribution >= 0.6 is 23.1 Å². The van der Waals surface area contributed by atoms with E-state index in [1.165, 1.54) is 23.1 Å². The summed E-state index contributed by atoms with van der Waals surface area (Å²) in [5, 5.41) is 3.96. The molecule has 2 aromatic rings. The van der Waals surface area contributed by atoms with Gasteiger partial charge in [-0.15, -0.1) is 11.3 Å². The summed E-state index contributed by atoms with van der Waals surface area (Å²) in [6, 6.07) is 0. The van der Waals surface area contributed by atoms with E-state index in [2.05, 4.69) is 10.3 Å². The number of amides is 1. The van der Waals surface area contributed by atoms with Crippen LogP contribution in [0, 0.1) is 13.8 Å². The molecular formula is C16H23N3O4S2. The lowest BCUT2D eigenvalue weighted by atomic mass is 10.2. The van der Waals surface area contributed by atoms with Gasteiger partial charge in [0.2, 0.25) is 5.91 Å². The van der Waals surface area contributed by atoms with E-state index in [9.17, 15) is 9.59 Å². The predicted octanol–water partition coefficient (Wildman–Crippen LogP) is 1.58. The van der Waals surface area contributed by atoms with Gasteiger partial charge in [-0.25, -0.2) is 4.98 Å². The van der Waals surface area contributed by atoms with Crippen molar-refractivity contribution in [3.05, 3.63) is 20.8 Å². The molecular weight excluding hydrogens is 362 g/mol. The Hall–Kier alpha value is -1.42. The highest BCUT2D eigenvalue weighted by molar-refractivity contribution is 7.99. The van der Waals surface area contributed by atoms with Crippen LogP contribution in [-0.2, 0) is 20.8 Å². The highest BCUT2D eigenvalue weighted by Crippen LogP contribution is 2.28. The fourth-order valence-electron chi connectivity index (χ4n) is 2.27. The first-order chi connectivity index (χ1) is 12.0. The molecule has 0 atom stereocenters. The maximum Gasteiger partial charge on any atom is 0.263 e. The number of methoxy groups -OCH3 is 2. The fourth-order valence-corrected chi connectivity index (χ4v) is 4.20. The molecule has 1 amide bonds. The first-order valence-electron chi connectivity index (χ1n) is 7.87. The largest absolute Gasteiger partial charge is 0.383 e. The maximum absolute atomic E-state index is 12.9. The maximum atomic E-state index is 12.9. The molecule has 0 aliphatic carbocycles. The Kier molecular flexibility index (Phi) is 7.42. The van der Waals surface area contributed by atoms with E-state index in [-0.39, 0.29) is 17.2 Å². The van der Waals surface area contributed by atoms with Gasteiger partial charge in [-0.1, -0.05) is 11.8 Å². The van der Waals surface area contributed by atoms with Crippen LogP contribution in [0.15, 0.2) is 9.95 Å². The molecule has 9 heteroatoms. The highest BCUT2D eigenvalue weighted by atomic mass is 32.2. The number of hydrogen-bond donors (Lipinski definition) is 1. The van der Waals surface area contributed by atoms with Crippen LogP contribution in [0.4, 0.5) is 0 Å². The smallest absolute Gasteiger partial charge is 0.263 e. The minimum Gasteiger partial charge on any atom is -0.383 e. The van der Waals surface area contributed by atoms with E-state index in [0.29, 0.717) is 36.8 Å². The van der Waals surface area contributed by atoms with Gasteiger partial charge in [-0.2, -0.15) is 0 Å². The topological polar surface area (TPSA) is 82.5 Å². The monoisotopic (exact) mass is 385 g/mol. The van der Waals surface area contributed by atoms with Crippen molar-refractivity contribution >= 4 is 39.2 Å². The number of rotatable bonds is 9. The van der Waals surface area contributed by atoms with Crippen LogP contribution in [0.1, 0.15) is 10.4 Å². The molecule has 0 radical (unpaired) electrons. The fraction of sp³-hybridized carbons (Fsp3) is 0.562. The first kappa shape index (κ1) is 19.9. The number of carbonyl (C=O) groups is 1. The van der Waals surface area contributed by atoms with Crippen LogP contribution in [0.5, 0.6) is 0 Å². The van der Waals surface area contributed by atoms with Gasteiger partial charge in [0.05, 0.1) is 30.9 Å². The Bertz CT molecular complexity index is 801. The Balaban J connectivity index is 2.27. The Morgan fingerprint density at radius 1 is 1.28 bits per heavy atom. The lowest BCUT2D eigenvalue weighted by Crippen LogP contribution is -2.29. The number of hydrogen-bond acceptors (Lipinski definition) is 7. The third kappa shape index (κ3) is 4.81. The number of aryl methyl sites for hydroxylation is 2. The number of fused-ring (bicyclic) bond motifs is 1. The second-order valence-corrected chi connectivity index (χ2v) is 7.58. The molecule has 0 aliphatic heterocycles. The molecule has 25 heavy (non-hydrogen) atoms. The zero-order chi connectivity index (χ0) is 18.4. The van der Waals surface area contributed by atoms with E-state index in [1.54, 1.807) is 18.8 Å². The molecule has 0 aromatic carbocycles. The minimum absolute atomic E-state index is 0.0776. The summed E-state index contributed by atoms with van der Waals surface area (Å²) in [4.78, 5) is 31.2. The summed E-state index contributed by atoms with van der Waals surface area (Å²) in [6.45, 7) is 5.66. The van der Waals surface area contributed by atoms with Gasteiger partial charge in [0.15, 0.2) is 5.16 Å². The lowest BCUT2D eigenvalue weighted by Gasteiger charge is -2.11. The Morgan fingerprint density at radius 2 is 2.00 bits per heavy atom. The molecule has 0 bridgehead atoms. The van der Waals surface area contributed by atoms with Gasteiger partial charge in [-0.05, 0) is 19.4 Å². The molecule has 0 fully saturated rings. The summed E-state index contributed by atoms with van der Waals surface area (Å²) < 4.78 is 11.6. The SMILES string of the molecule is COCCNC(=O)CSc1nc2sc(C)c(C)c2c(=O)n1CCOC. The van der Waals surface area contributed by atoms with Crippen molar-refractivity contribution in [2.45, 2.75) is 25.5 Å². The average molecular weight is 386 g/mol. The molecule has 138 valence electrons. The predicted molar refractivity (Wildman–Crippen MR) is 101 cm³/mol. The number of nitrogens with one attached hydrogen (secondary N) is 1. The number of thioether (sulfide) groups is 1. The van der Waals surface area contributed by atoms with E-state index in [0.717, 1.165) is 15.3 Å². The molecule has 0 aliphatic rings. The van der Waals surface area contributed by atoms with Gasteiger partial charge in [0, 0.05) is 25.6 Å². The van der Waals surface area contributed by atoms with Crippen molar-refractivity contribution in [3.8, 4) is 0 Å². The van der Waals surface area contributed by atoms with E-state index in [4.69, 9.17) is 9.47 Å². The molecule has 2 aromatic heterocycles. The molecule has 0 saturated heterocycles. The summed E-state index contributed by atoms with van der Waals surface area (Å²) in [7, 11) is 3.17. The van der Waals surface area contributed by atoms with Crippen molar-refractivity contribution in [1.82, 2.24) is 14.9 Å². The number of nitrogens with zero attached hydrogens (tertiary/aromatic N) is 2. The number of aromatic nitrogens is 2. The molecule has 7 nitrogen and oxygen atoms in total. The zero-order valence-electron chi connectivity index (χ0n) is 14.9. The number of ether oxygens (including phenoxy) is 2. The van der Waals surface area contributed by atoms with Gasteiger partial charge in [0.1, 0.15) is 4.83 Å². The summed E-state index contributed by atoms with van der Waals surface area (Å²) in [5.74, 6) is 0.0751. The molecule has 0 unspecified atom stereocenters. The zero-order valence-corrected chi connectivity index (χ0v) is 16.5. The second-order valence-electron chi connectivity index (χ2n) is 5.44. The van der Waals surface area contributed by atoms with Crippen LogP contribution in [0.2, 0.25) is 0 Å². The van der Waals surface area contributed by atoms with Crippen molar-refractivity contribution in [2.75, 3.05) is 39.7 Å². The molecule has 0 spiro atoms. The average Bonchev–Trinajstić information content (AvgIpc) is 2.87. The first-order valence-corrected chi connectivity index (χ1v) is 9.67. The molecule has 1 N–H and O–H groups in total. The third-order valence-electron chi connectivity index (χ3n) is 3.73. The minimum atomic E-state index is -0.117.